The minimum atomic E-state index is -0.629. The highest BCUT2D eigenvalue weighted by molar-refractivity contribution is 6.32. The van der Waals surface area contributed by atoms with Crippen molar-refractivity contribution in [3.63, 3.8) is 0 Å². The largest absolute Gasteiger partial charge is 0.369 e. The Balaban J connectivity index is 2.10. The molecule has 1 heterocycles. The fraction of sp³-hybridized carbons (Fsp3) is 0.429. The van der Waals surface area contributed by atoms with E-state index in [0.29, 0.717) is 5.69 Å². The predicted molar refractivity (Wildman–Crippen MR) is 89.6 cm³/mol. The van der Waals surface area contributed by atoms with E-state index in [1.54, 1.807) is 11.0 Å². The lowest BCUT2D eigenvalue weighted by Gasteiger charge is -2.45. The first-order valence-corrected chi connectivity index (χ1v) is 7.74. The van der Waals surface area contributed by atoms with Crippen molar-refractivity contribution < 1.29 is 4.92 Å². The maximum absolute atomic E-state index is 11.2. The van der Waals surface area contributed by atoms with Crippen molar-refractivity contribution in [3.05, 3.63) is 33.3 Å². The molecule has 0 amide bonds. The molecule has 1 aliphatic heterocycles. The third-order valence-electron chi connectivity index (χ3n) is 4.24. The third kappa shape index (κ3) is 2.70. The summed E-state index contributed by atoms with van der Waals surface area (Å²) in [4.78, 5) is 20.9. The van der Waals surface area contributed by atoms with Crippen LogP contribution in [0, 0.1) is 10.1 Å². The minimum Gasteiger partial charge on any atom is -0.369 e. The van der Waals surface area contributed by atoms with Gasteiger partial charge >= 0.3 is 0 Å². The third-order valence-corrected chi connectivity index (χ3v) is 4.56. The molecule has 0 aromatic heterocycles. The topological polar surface area (TPSA) is 123 Å². The Morgan fingerprint density at radius 1 is 1.26 bits per heavy atom. The van der Waals surface area contributed by atoms with Gasteiger partial charge in [-0.05, 0) is 37.8 Å². The number of hydrogen-bond acceptors (Lipinski definition) is 7. The van der Waals surface area contributed by atoms with Gasteiger partial charge in [0.05, 0.1) is 10.6 Å². The molecule has 9 heteroatoms. The van der Waals surface area contributed by atoms with Crippen molar-refractivity contribution in [2.24, 2.45) is 21.5 Å². The number of nitrogens with zero attached hydrogens (tertiary/aromatic N) is 4. The number of rotatable bonds is 2. The van der Waals surface area contributed by atoms with Gasteiger partial charge in [0.15, 0.2) is 0 Å². The molecule has 2 aliphatic rings. The Kier molecular flexibility index (Phi) is 3.85. The number of benzene rings is 1. The Hall–Kier alpha value is -2.35. The number of aliphatic imine (C=N–C) groups is 2. The van der Waals surface area contributed by atoms with Crippen molar-refractivity contribution in [1.82, 2.24) is 0 Å². The van der Waals surface area contributed by atoms with Gasteiger partial charge in [-0.3, -0.25) is 15.0 Å². The molecule has 23 heavy (non-hydrogen) atoms. The summed E-state index contributed by atoms with van der Waals surface area (Å²) in [5.41, 5.74) is 11.6. The zero-order valence-electron chi connectivity index (χ0n) is 12.4. The molecule has 8 nitrogen and oxygen atoms in total. The highest BCUT2D eigenvalue weighted by Gasteiger charge is 2.43. The molecule has 0 unspecified atom stereocenters. The second-order valence-corrected chi connectivity index (χ2v) is 6.12. The number of anilines is 1. The summed E-state index contributed by atoms with van der Waals surface area (Å²) in [5.74, 6) is 0.333. The number of nitro benzene ring substituents is 1. The Labute approximate surface area is 138 Å². The molecule has 0 bridgehead atoms. The van der Waals surface area contributed by atoms with Crippen LogP contribution in [0.25, 0.3) is 0 Å². The number of guanidine groups is 2. The highest BCUT2D eigenvalue weighted by atomic mass is 35.5. The number of hydrogen-bond donors (Lipinski definition) is 2. The lowest BCUT2D eigenvalue weighted by molar-refractivity contribution is -0.384. The monoisotopic (exact) mass is 336 g/mol. The van der Waals surface area contributed by atoms with Crippen LogP contribution in [0.3, 0.4) is 0 Å². The van der Waals surface area contributed by atoms with E-state index in [0.717, 1.165) is 32.1 Å². The summed E-state index contributed by atoms with van der Waals surface area (Å²) < 4.78 is 0. The molecule has 0 radical (unpaired) electrons. The van der Waals surface area contributed by atoms with E-state index < -0.39 is 10.6 Å². The first kappa shape index (κ1) is 15.5. The SMILES string of the molecule is NC1=NC2(CCCCC2)N(c2ccc(Cl)c([N+](=O)[O-])c2)C(N)=N1. The predicted octanol–water partition coefficient (Wildman–Crippen LogP) is 2.36. The van der Waals surface area contributed by atoms with Crippen LogP contribution in [0.5, 0.6) is 0 Å². The molecule has 122 valence electrons. The lowest BCUT2D eigenvalue weighted by atomic mass is 9.87. The van der Waals surface area contributed by atoms with Crippen LogP contribution in [0.2, 0.25) is 5.02 Å². The molecular weight excluding hydrogens is 320 g/mol. The summed E-state index contributed by atoms with van der Waals surface area (Å²) in [5, 5.41) is 11.2. The van der Waals surface area contributed by atoms with Gasteiger partial charge in [-0.1, -0.05) is 18.0 Å². The smallest absolute Gasteiger partial charge is 0.289 e. The van der Waals surface area contributed by atoms with Crippen LogP contribution in [-0.4, -0.2) is 22.5 Å². The van der Waals surface area contributed by atoms with Crippen LogP contribution in [0.4, 0.5) is 11.4 Å². The fourth-order valence-electron chi connectivity index (χ4n) is 3.27. The van der Waals surface area contributed by atoms with Gasteiger partial charge in [-0.15, -0.1) is 0 Å². The molecule has 1 fully saturated rings. The van der Waals surface area contributed by atoms with Gasteiger partial charge in [0.2, 0.25) is 11.9 Å². The number of nitro groups is 1. The maximum atomic E-state index is 11.2. The van der Waals surface area contributed by atoms with Crippen molar-refractivity contribution >= 4 is 34.9 Å². The normalized spacial score (nSPS) is 20.1. The van der Waals surface area contributed by atoms with E-state index in [4.69, 9.17) is 23.1 Å². The van der Waals surface area contributed by atoms with Crippen molar-refractivity contribution in [2.45, 2.75) is 37.8 Å². The second kappa shape index (κ2) is 5.69. The lowest BCUT2D eigenvalue weighted by Crippen LogP contribution is -2.58. The van der Waals surface area contributed by atoms with Crippen LogP contribution in [0.15, 0.2) is 28.2 Å². The molecule has 1 spiro atoms. The average Bonchev–Trinajstić information content (AvgIpc) is 2.48. The summed E-state index contributed by atoms with van der Waals surface area (Å²) in [6.07, 6.45) is 4.61. The van der Waals surface area contributed by atoms with E-state index in [1.807, 2.05) is 0 Å². The van der Waals surface area contributed by atoms with Gasteiger partial charge < -0.3 is 11.5 Å². The van der Waals surface area contributed by atoms with E-state index >= 15 is 0 Å². The van der Waals surface area contributed by atoms with Crippen LogP contribution in [0.1, 0.15) is 32.1 Å². The molecule has 1 saturated carbocycles. The average molecular weight is 337 g/mol. The first-order chi connectivity index (χ1) is 10.9. The van der Waals surface area contributed by atoms with Crippen LogP contribution >= 0.6 is 11.6 Å². The fourth-order valence-corrected chi connectivity index (χ4v) is 3.46. The van der Waals surface area contributed by atoms with E-state index in [1.165, 1.54) is 12.1 Å². The Morgan fingerprint density at radius 2 is 1.96 bits per heavy atom. The molecular formula is C14H17ClN6O2. The van der Waals surface area contributed by atoms with Gasteiger partial charge in [-0.25, -0.2) is 4.99 Å². The zero-order chi connectivity index (χ0) is 16.6. The van der Waals surface area contributed by atoms with E-state index in [9.17, 15) is 10.1 Å². The number of nitrogens with two attached hydrogens (primary N) is 2. The summed E-state index contributed by atoms with van der Waals surface area (Å²) >= 11 is 5.90. The summed E-state index contributed by atoms with van der Waals surface area (Å²) in [6.45, 7) is 0. The summed E-state index contributed by atoms with van der Waals surface area (Å²) in [6, 6.07) is 4.57. The van der Waals surface area contributed by atoms with Gasteiger partial charge in [0.25, 0.3) is 5.69 Å². The molecule has 1 aliphatic carbocycles. The molecule has 3 rings (SSSR count). The van der Waals surface area contributed by atoms with Crippen LogP contribution in [-0.2, 0) is 0 Å². The molecule has 0 saturated heterocycles. The van der Waals surface area contributed by atoms with Crippen molar-refractivity contribution in [2.75, 3.05) is 4.90 Å². The highest BCUT2D eigenvalue weighted by Crippen LogP contribution is 2.41. The molecule has 1 aromatic carbocycles. The standard InChI is InChI=1S/C14H17ClN6O2/c15-10-5-4-9(8-11(10)21(22)23)20-13(17)18-12(16)19-14(20)6-2-1-3-7-14/h4-5,8H,1-3,6-7H2,(H4,16,17,18,19). The van der Waals surface area contributed by atoms with Crippen molar-refractivity contribution in [3.8, 4) is 0 Å². The van der Waals surface area contributed by atoms with Gasteiger partial charge in [-0.2, -0.15) is 4.99 Å². The quantitative estimate of drug-likeness (QED) is 0.633. The Morgan fingerprint density at radius 3 is 2.61 bits per heavy atom. The molecule has 0 atom stereocenters. The first-order valence-electron chi connectivity index (χ1n) is 7.37. The molecule has 1 aromatic rings. The van der Waals surface area contributed by atoms with Crippen LogP contribution < -0.4 is 16.4 Å². The second-order valence-electron chi connectivity index (χ2n) is 5.71. The van der Waals surface area contributed by atoms with Gasteiger partial charge in [0.1, 0.15) is 10.7 Å². The summed E-state index contributed by atoms with van der Waals surface area (Å²) in [7, 11) is 0. The van der Waals surface area contributed by atoms with E-state index in [-0.39, 0.29) is 22.6 Å². The minimum absolute atomic E-state index is 0.0759. The number of halogens is 1. The van der Waals surface area contributed by atoms with Gasteiger partial charge in [0, 0.05) is 6.07 Å². The maximum Gasteiger partial charge on any atom is 0.289 e. The Bertz CT molecular complexity index is 711. The molecule has 4 N–H and O–H groups in total. The zero-order valence-corrected chi connectivity index (χ0v) is 13.2. The van der Waals surface area contributed by atoms with E-state index in [2.05, 4.69) is 9.98 Å². The van der Waals surface area contributed by atoms with Crippen molar-refractivity contribution in [1.29, 1.82) is 0 Å².